The van der Waals surface area contributed by atoms with Crippen molar-refractivity contribution in [3.63, 3.8) is 0 Å². The van der Waals surface area contributed by atoms with Crippen LogP contribution >= 0.6 is 11.8 Å². The number of anilines is 1. The second-order valence-electron chi connectivity index (χ2n) is 3.59. The molecule has 0 aliphatic rings. The Morgan fingerprint density at radius 1 is 1.06 bits per heavy atom. The molecule has 2 aromatic carbocycles. The molecule has 0 fully saturated rings. The van der Waals surface area contributed by atoms with Crippen molar-refractivity contribution in [1.29, 1.82) is 0 Å². The summed E-state index contributed by atoms with van der Waals surface area (Å²) in [7, 11) is 1.56. The number of rotatable bonds is 3. The molecule has 0 radical (unpaired) electrons. The van der Waals surface area contributed by atoms with Gasteiger partial charge in [-0.3, -0.25) is 0 Å². The van der Waals surface area contributed by atoms with Gasteiger partial charge in [-0.1, -0.05) is 11.8 Å². The molecule has 2 aromatic rings. The van der Waals surface area contributed by atoms with Crippen molar-refractivity contribution < 1.29 is 13.5 Å². The van der Waals surface area contributed by atoms with Crippen LogP contribution in [0.1, 0.15) is 0 Å². The van der Waals surface area contributed by atoms with E-state index >= 15 is 0 Å². The van der Waals surface area contributed by atoms with Crippen LogP contribution in [0.4, 0.5) is 14.5 Å². The molecule has 0 aromatic heterocycles. The van der Waals surface area contributed by atoms with Gasteiger partial charge in [-0.25, -0.2) is 8.78 Å². The van der Waals surface area contributed by atoms with Gasteiger partial charge in [-0.2, -0.15) is 0 Å². The first kappa shape index (κ1) is 12.7. The second-order valence-corrected chi connectivity index (χ2v) is 4.68. The number of nitrogens with two attached hydrogens (primary N) is 1. The van der Waals surface area contributed by atoms with E-state index in [1.165, 1.54) is 0 Å². The number of hydrogen-bond acceptors (Lipinski definition) is 3. The standard InChI is InChI=1S/C13H11F2NOS/c1-17-9-2-4-10(5-3-9)18-13-11(14)6-8(16)7-12(13)15/h2-7H,16H2,1H3. The van der Waals surface area contributed by atoms with Gasteiger partial charge in [0, 0.05) is 10.6 Å². The van der Waals surface area contributed by atoms with Crippen LogP contribution in [0.15, 0.2) is 46.2 Å². The maximum absolute atomic E-state index is 13.6. The summed E-state index contributed by atoms with van der Waals surface area (Å²) in [6, 6.07) is 9.15. The van der Waals surface area contributed by atoms with E-state index in [4.69, 9.17) is 10.5 Å². The lowest BCUT2D eigenvalue weighted by Gasteiger charge is -2.06. The number of methoxy groups -OCH3 is 1. The van der Waals surface area contributed by atoms with Gasteiger partial charge >= 0.3 is 0 Å². The Bertz CT molecular complexity index is 534. The molecule has 94 valence electrons. The van der Waals surface area contributed by atoms with Crippen LogP contribution in [-0.2, 0) is 0 Å². The van der Waals surface area contributed by atoms with Crippen LogP contribution in [0.5, 0.6) is 5.75 Å². The molecule has 18 heavy (non-hydrogen) atoms. The summed E-state index contributed by atoms with van der Waals surface area (Å²) >= 11 is 1.01. The third-order valence-corrected chi connectivity index (χ3v) is 3.40. The second kappa shape index (κ2) is 5.27. The van der Waals surface area contributed by atoms with Crippen molar-refractivity contribution in [2.75, 3.05) is 12.8 Å². The minimum Gasteiger partial charge on any atom is -0.497 e. The predicted molar refractivity (Wildman–Crippen MR) is 67.9 cm³/mol. The van der Waals surface area contributed by atoms with E-state index in [1.807, 2.05) is 0 Å². The summed E-state index contributed by atoms with van der Waals surface area (Å²) in [4.78, 5) is 0.660. The highest BCUT2D eigenvalue weighted by molar-refractivity contribution is 7.99. The Labute approximate surface area is 108 Å². The van der Waals surface area contributed by atoms with Crippen molar-refractivity contribution >= 4 is 17.4 Å². The molecular weight excluding hydrogens is 256 g/mol. The largest absolute Gasteiger partial charge is 0.497 e. The van der Waals surface area contributed by atoms with Gasteiger partial charge in [0.25, 0.3) is 0 Å². The van der Waals surface area contributed by atoms with Gasteiger partial charge in [-0.05, 0) is 36.4 Å². The number of benzene rings is 2. The zero-order valence-corrected chi connectivity index (χ0v) is 10.4. The summed E-state index contributed by atoms with van der Waals surface area (Å²) in [5.41, 5.74) is 5.43. The normalized spacial score (nSPS) is 10.4. The van der Waals surface area contributed by atoms with E-state index < -0.39 is 11.6 Å². The van der Waals surface area contributed by atoms with E-state index in [0.29, 0.717) is 5.75 Å². The SMILES string of the molecule is COc1ccc(Sc2c(F)cc(N)cc2F)cc1. The molecule has 0 saturated heterocycles. The predicted octanol–water partition coefficient (Wildman–Crippen LogP) is 3.71. The van der Waals surface area contributed by atoms with Crippen molar-refractivity contribution in [3.8, 4) is 5.75 Å². The van der Waals surface area contributed by atoms with E-state index in [-0.39, 0.29) is 10.6 Å². The molecule has 2 rings (SSSR count). The Morgan fingerprint density at radius 2 is 1.61 bits per heavy atom. The topological polar surface area (TPSA) is 35.2 Å². The number of hydrogen-bond donors (Lipinski definition) is 1. The van der Waals surface area contributed by atoms with E-state index in [0.717, 1.165) is 28.8 Å². The maximum atomic E-state index is 13.6. The van der Waals surface area contributed by atoms with Gasteiger partial charge in [0.05, 0.1) is 12.0 Å². The van der Waals surface area contributed by atoms with Crippen LogP contribution in [-0.4, -0.2) is 7.11 Å². The van der Waals surface area contributed by atoms with E-state index in [1.54, 1.807) is 31.4 Å². The van der Waals surface area contributed by atoms with Crippen LogP contribution in [0.3, 0.4) is 0 Å². The van der Waals surface area contributed by atoms with Crippen molar-refractivity contribution in [2.45, 2.75) is 9.79 Å². The fourth-order valence-electron chi connectivity index (χ4n) is 1.44. The number of nitrogen functional groups attached to an aromatic ring is 1. The summed E-state index contributed by atoms with van der Waals surface area (Å²) < 4.78 is 32.2. The smallest absolute Gasteiger partial charge is 0.142 e. The Balaban J connectivity index is 2.28. The number of halogens is 2. The average molecular weight is 267 g/mol. The molecule has 0 saturated carbocycles. The molecule has 0 bridgehead atoms. The first-order valence-electron chi connectivity index (χ1n) is 5.16. The molecule has 5 heteroatoms. The summed E-state index contributed by atoms with van der Waals surface area (Å²) in [5, 5.41) is 0. The highest BCUT2D eigenvalue weighted by Crippen LogP contribution is 2.33. The quantitative estimate of drug-likeness (QED) is 0.861. The molecule has 0 amide bonds. The van der Waals surface area contributed by atoms with Gasteiger partial charge < -0.3 is 10.5 Å². The average Bonchev–Trinajstić information content (AvgIpc) is 2.34. The lowest BCUT2D eigenvalue weighted by Crippen LogP contribution is -1.93. The van der Waals surface area contributed by atoms with Crippen LogP contribution in [0.2, 0.25) is 0 Å². The first-order chi connectivity index (χ1) is 8.60. The van der Waals surface area contributed by atoms with Crippen LogP contribution < -0.4 is 10.5 Å². The molecule has 2 nitrogen and oxygen atoms in total. The monoisotopic (exact) mass is 267 g/mol. The molecule has 0 aliphatic carbocycles. The van der Waals surface area contributed by atoms with Crippen LogP contribution in [0.25, 0.3) is 0 Å². The van der Waals surface area contributed by atoms with Crippen LogP contribution in [0, 0.1) is 11.6 Å². The first-order valence-corrected chi connectivity index (χ1v) is 5.98. The fraction of sp³-hybridized carbons (Fsp3) is 0.0769. The lowest BCUT2D eigenvalue weighted by molar-refractivity contribution is 0.414. The minimum atomic E-state index is -0.659. The Kier molecular flexibility index (Phi) is 3.72. The van der Waals surface area contributed by atoms with E-state index in [9.17, 15) is 8.78 Å². The van der Waals surface area contributed by atoms with Gasteiger partial charge in [0.2, 0.25) is 0 Å². The molecular formula is C13H11F2NOS. The summed E-state index contributed by atoms with van der Waals surface area (Å²) in [6.45, 7) is 0. The molecule has 0 unspecified atom stereocenters. The highest BCUT2D eigenvalue weighted by Gasteiger charge is 2.11. The minimum absolute atomic E-state index is 0.0608. The molecule has 0 heterocycles. The Hall–Kier alpha value is -1.75. The third kappa shape index (κ3) is 2.73. The van der Waals surface area contributed by atoms with Crippen molar-refractivity contribution in [1.82, 2.24) is 0 Å². The lowest BCUT2D eigenvalue weighted by atomic mass is 10.3. The fourth-order valence-corrected chi connectivity index (χ4v) is 2.26. The zero-order chi connectivity index (χ0) is 13.1. The molecule has 0 atom stereocenters. The highest BCUT2D eigenvalue weighted by atomic mass is 32.2. The maximum Gasteiger partial charge on any atom is 0.142 e. The summed E-state index contributed by atoms with van der Waals surface area (Å²) in [5.74, 6) is -0.626. The van der Waals surface area contributed by atoms with Crippen molar-refractivity contribution in [2.24, 2.45) is 0 Å². The summed E-state index contributed by atoms with van der Waals surface area (Å²) in [6.07, 6.45) is 0. The van der Waals surface area contributed by atoms with E-state index in [2.05, 4.69) is 0 Å². The molecule has 0 aliphatic heterocycles. The third-order valence-electron chi connectivity index (χ3n) is 2.30. The molecule has 2 N–H and O–H groups in total. The number of ether oxygens (including phenoxy) is 1. The van der Waals surface area contributed by atoms with Crippen molar-refractivity contribution in [3.05, 3.63) is 48.0 Å². The molecule has 0 spiro atoms. The van der Waals surface area contributed by atoms with Gasteiger partial charge in [-0.15, -0.1) is 0 Å². The zero-order valence-electron chi connectivity index (χ0n) is 9.61. The van der Waals surface area contributed by atoms with Gasteiger partial charge in [0.15, 0.2) is 0 Å². The Morgan fingerprint density at radius 3 is 2.11 bits per heavy atom. The van der Waals surface area contributed by atoms with Gasteiger partial charge in [0.1, 0.15) is 17.4 Å².